The third kappa shape index (κ3) is 4.73. The van der Waals surface area contributed by atoms with Crippen molar-refractivity contribution >= 4 is 11.3 Å². The highest BCUT2D eigenvalue weighted by atomic mass is 32.1. The summed E-state index contributed by atoms with van der Waals surface area (Å²) in [5.74, 6) is 0. The van der Waals surface area contributed by atoms with Gasteiger partial charge in [-0.2, -0.15) is 0 Å². The van der Waals surface area contributed by atoms with Crippen LogP contribution < -0.4 is 0 Å². The number of nitrogens with zero attached hydrogens (tertiary/aromatic N) is 2. The summed E-state index contributed by atoms with van der Waals surface area (Å²) < 4.78 is 0. The van der Waals surface area contributed by atoms with E-state index >= 15 is 0 Å². The van der Waals surface area contributed by atoms with E-state index in [0.717, 1.165) is 18.0 Å². The van der Waals surface area contributed by atoms with Gasteiger partial charge in [0.1, 0.15) is 6.10 Å². The van der Waals surface area contributed by atoms with Crippen molar-refractivity contribution in [1.82, 2.24) is 9.88 Å². The first kappa shape index (κ1) is 15.9. The molecule has 23 heavy (non-hydrogen) atoms. The molecule has 3 rings (SSSR count). The summed E-state index contributed by atoms with van der Waals surface area (Å²) in [5.41, 5.74) is 2.45. The molecule has 3 nitrogen and oxygen atoms in total. The molecule has 1 aromatic carbocycles. The Bertz CT molecular complexity index is 644. The van der Waals surface area contributed by atoms with Gasteiger partial charge in [-0.15, -0.1) is 11.3 Å². The van der Waals surface area contributed by atoms with E-state index in [2.05, 4.69) is 34.1 Å². The van der Waals surface area contributed by atoms with Crippen LogP contribution in [0.25, 0.3) is 0 Å². The van der Waals surface area contributed by atoms with E-state index in [9.17, 15) is 5.11 Å². The van der Waals surface area contributed by atoms with Gasteiger partial charge >= 0.3 is 0 Å². The number of hydrogen-bond acceptors (Lipinski definition) is 4. The van der Waals surface area contributed by atoms with Gasteiger partial charge in [-0.1, -0.05) is 36.4 Å². The Balaban J connectivity index is 1.72. The van der Waals surface area contributed by atoms with Gasteiger partial charge in [-0.05, 0) is 34.7 Å². The number of hydrogen-bond donors (Lipinski definition) is 1. The highest BCUT2D eigenvalue weighted by Crippen LogP contribution is 2.21. The van der Waals surface area contributed by atoms with Crippen molar-refractivity contribution in [3.8, 4) is 0 Å². The first-order chi connectivity index (χ1) is 11.3. The van der Waals surface area contributed by atoms with Gasteiger partial charge in [0.25, 0.3) is 0 Å². The summed E-state index contributed by atoms with van der Waals surface area (Å²) in [5, 5.41) is 12.5. The second kappa shape index (κ2) is 8.02. The van der Waals surface area contributed by atoms with Crippen LogP contribution in [-0.4, -0.2) is 21.5 Å². The minimum absolute atomic E-state index is 0.458. The number of pyridine rings is 1. The monoisotopic (exact) mass is 324 g/mol. The fraction of sp³-hybridized carbons (Fsp3) is 0.211. The van der Waals surface area contributed by atoms with E-state index in [1.807, 2.05) is 48.1 Å². The van der Waals surface area contributed by atoms with E-state index in [1.54, 1.807) is 11.3 Å². The Kier molecular flexibility index (Phi) is 5.53. The summed E-state index contributed by atoms with van der Waals surface area (Å²) >= 11 is 1.60. The number of aliphatic hydroxyl groups is 1. The SMILES string of the molecule is O[C@H](CN(Cc1ccccc1)Cc1ccncc1)c1cccs1. The lowest BCUT2D eigenvalue weighted by molar-refractivity contribution is 0.107. The summed E-state index contributed by atoms with van der Waals surface area (Å²) in [4.78, 5) is 7.36. The number of rotatable bonds is 7. The molecule has 0 saturated heterocycles. The summed E-state index contributed by atoms with van der Waals surface area (Å²) in [6.07, 6.45) is 3.16. The first-order valence-electron chi connectivity index (χ1n) is 7.68. The maximum absolute atomic E-state index is 10.5. The third-order valence-electron chi connectivity index (χ3n) is 3.71. The van der Waals surface area contributed by atoms with E-state index in [1.165, 1.54) is 11.1 Å². The summed E-state index contributed by atoms with van der Waals surface area (Å²) in [7, 11) is 0. The Morgan fingerprint density at radius 3 is 2.26 bits per heavy atom. The van der Waals surface area contributed by atoms with Crippen molar-refractivity contribution in [2.75, 3.05) is 6.54 Å². The predicted octanol–water partition coefficient (Wildman–Crippen LogP) is 3.88. The van der Waals surface area contributed by atoms with Crippen LogP contribution >= 0.6 is 11.3 Å². The highest BCUT2D eigenvalue weighted by molar-refractivity contribution is 7.10. The molecule has 0 bridgehead atoms. The largest absolute Gasteiger partial charge is 0.386 e. The highest BCUT2D eigenvalue weighted by Gasteiger charge is 2.15. The Morgan fingerprint density at radius 2 is 1.61 bits per heavy atom. The van der Waals surface area contributed by atoms with Crippen LogP contribution in [0, 0.1) is 0 Å². The third-order valence-corrected chi connectivity index (χ3v) is 4.68. The lowest BCUT2D eigenvalue weighted by Crippen LogP contribution is -2.27. The van der Waals surface area contributed by atoms with Gasteiger partial charge < -0.3 is 5.11 Å². The van der Waals surface area contributed by atoms with Gasteiger partial charge in [-0.25, -0.2) is 0 Å². The predicted molar refractivity (Wildman–Crippen MR) is 94.1 cm³/mol. The molecule has 0 aliphatic carbocycles. The summed E-state index contributed by atoms with van der Waals surface area (Å²) in [6, 6.07) is 18.4. The molecule has 0 spiro atoms. The van der Waals surface area contributed by atoms with Crippen molar-refractivity contribution in [2.24, 2.45) is 0 Å². The van der Waals surface area contributed by atoms with E-state index < -0.39 is 6.10 Å². The second-order valence-corrected chi connectivity index (χ2v) is 6.52. The molecule has 0 amide bonds. The van der Waals surface area contributed by atoms with Gasteiger partial charge in [0.15, 0.2) is 0 Å². The molecule has 0 aliphatic rings. The zero-order valence-corrected chi connectivity index (χ0v) is 13.7. The van der Waals surface area contributed by atoms with Crippen molar-refractivity contribution in [3.05, 3.63) is 88.4 Å². The number of benzene rings is 1. The molecular weight excluding hydrogens is 304 g/mol. The van der Waals surface area contributed by atoms with Crippen molar-refractivity contribution in [2.45, 2.75) is 19.2 Å². The average molecular weight is 324 g/mol. The molecule has 1 atom stereocenters. The van der Waals surface area contributed by atoms with E-state index in [0.29, 0.717) is 6.54 Å². The molecule has 0 saturated carbocycles. The van der Waals surface area contributed by atoms with E-state index in [-0.39, 0.29) is 0 Å². The zero-order chi connectivity index (χ0) is 15.9. The molecule has 0 radical (unpaired) electrons. The van der Waals surface area contributed by atoms with Crippen LogP contribution in [0.1, 0.15) is 22.1 Å². The molecule has 2 aromatic heterocycles. The molecule has 1 N–H and O–H groups in total. The molecule has 0 fully saturated rings. The Hall–Kier alpha value is -2.01. The maximum atomic E-state index is 10.5. The Morgan fingerprint density at radius 1 is 0.913 bits per heavy atom. The molecule has 2 heterocycles. The minimum atomic E-state index is -0.458. The Labute approximate surface area is 140 Å². The maximum Gasteiger partial charge on any atom is 0.101 e. The lowest BCUT2D eigenvalue weighted by atomic mass is 10.1. The molecule has 3 aromatic rings. The second-order valence-electron chi connectivity index (χ2n) is 5.54. The number of aliphatic hydroxyl groups excluding tert-OH is 1. The number of aromatic nitrogens is 1. The summed E-state index contributed by atoms with van der Waals surface area (Å²) in [6.45, 7) is 2.21. The molecular formula is C19H20N2OS. The fourth-order valence-corrected chi connectivity index (χ4v) is 3.29. The van der Waals surface area contributed by atoms with Crippen molar-refractivity contribution in [3.63, 3.8) is 0 Å². The quantitative estimate of drug-likeness (QED) is 0.716. The van der Waals surface area contributed by atoms with Crippen molar-refractivity contribution < 1.29 is 5.11 Å². The topological polar surface area (TPSA) is 36.4 Å². The van der Waals surface area contributed by atoms with Gasteiger partial charge in [0.2, 0.25) is 0 Å². The van der Waals surface area contributed by atoms with Crippen LogP contribution in [0.5, 0.6) is 0 Å². The zero-order valence-electron chi connectivity index (χ0n) is 12.9. The lowest BCUT2D eigenvalue weighted by Gasteiger charge is -2.25. The number of thiophene rings is 1. The van der Waals surface area contributed by atoms with E-state index in [4.69, 9.17) is 0 Å². The van der Waals surface area contributed by atoms with Crippen molar-refractivity contribution in [1.29, 1.82) is 0 Å². The average Bonchev–Trinajstić information content (AvgIpc) is 3.11. The molecule has 4 heteroatoms. The standard InChI is InChI=1S/C19H20N2OS/c22-18(19-7-4-12-23-19)15-21(13-16-5-2-1-3-6-16)14-17-8-10-20-11-9-17/h1-12,18,22H,13-15H2/t18-/m1/s1. The van der Waals surface area contributed by atoms with Crippen LogP contribution in [0.3, 0.4) is 0 Å². The van der Waals surface area contributed by atoms with Crippen LogP contribution in [0.4, 0.5) is 0 Å². The van der Waals surface area contributed by atoms with Gasteiger partial charge in [0, 0.05) is 36.9 Å². The first-order valence-corrected chi connectivity index (χ1v) is 8.56. The van der Waals surface area contributed by atoms with Crippen LogP contribution in [-0.2, 0) is 13.1 Å². The fourth-order valence-electron chi connectivity index (χ4n) is 2.59. The smallest absolute Gasteiger partial charge is 0.101 e. The normalized spacial score (nSPS) is 12.4. The van der Waals surface area contributed by atoms with Gasteiger partial charge in [-0.3, -0.25) is 9.88 Å². The molecule has 0 aliphatic heterocycles. The van der Waals surface area contributed by atoms with Gasteiger partial charge in [0.05, 0.1) is 0 Å². The molecule has 118 valence electrons. The van der Waals surface area contributed by atoms with Crippen LogP contribution in [0.2, 0.25) is 0 Å². The van der Waals surface area contributed by atoms with Crippen LogP contribution in [0.15, 0.2) is 72.4 Å². The molecule has 0 unspecified atom stereocenters. The minimum Gasteiger partial charge on any atom is -0.386 e.